The molecule has 0 atom stereocenters. The van der Waals surface area contributed by atoms with Crippen LogP contribution in [0.15, 0.2) is 83.3 Å². The average Bonchev–Trinajstić information content (AvgIpc) is 3.75. The summed E-state index contributed by atoms with van der Waals surface area (Å²) in [7, 11) is 0. The highest BCUT2D eigenvalue weighted by atomic mass is 16.6. The molecule has 4 aromatic rings. The maximum absolute atomic E-state index is 13.0. The number of aromatic nitrogens is 1. The van der Waals surface area contributed by atoms with Gasteiger partial charge < -0.3 is 23.9 Å². The summed E-state index contributed by atoms with van der Waals surface area (Å²) in [6.45, 7) is 2.58. The summed E-state index contributed by atoms with van der Waals surface area (Å²) in [5.41, 5.74) is 3.78. The van der Waals surface area contributed by atoms with Crippen molar-refractivity contribution in [1.29, 1.82) is 0 Å². The molecule has 1 N–H and O–H groups in total. The maximum Gasteiger partial charge on any atom is 0.415 e. The lowest BCUT2D eigenvalue weighted by Gasteiger charge is -2.22. The quantitative estimate of drug-likeness (QED) is 0.215. The molecule has 0 radical (unpaired) electrons. The molecule has 1 amide bonds. The van der Waals surface area contributed by atoms with Gasteiger partial charge in [-0.3, -0.25) is 4.79 Å². The van der Waals surface area contributed by atoms with Crippen molar-refractivity contribution in [2.45, 2.75) is 45.1 Å². The van der Waals surface area contributed by atoms with Crippen LogP contribution in [0.4, 0.5) is 4.79 Å². The Bertz CT molecular complexity index is 1440. The molecule has 0 spiro atoms. The number of carbonyl (C=O) groups is 2. The molecule has 1 aliphatic carbocycles. The van der Waals surface area contributed by atoms with Crippen LogP contribution < -0.4 is 9.47 Å². The first-order valence-electron chi connectivity index (χ1n) is 13.5. The summed E-state index contributed by atoms with van der Waals surface area (Å²) in [6, 6.07) is 24.7. The van der Waals surface area contributed by atoms with Crippen LogP contribution in [0.1, 0.15) is 47.8 Å². The number of benzene rings is 3. The third kappa shape index (κ3) is 7.28. The minimum absolute atomic E-state index is 0.0384. The van der Waals surface area contributed by atoms with Crippen molar-refractivity contribution < 1.29 is 28.6 Å². The molecule has 1 aromatic heterocycles. The lowest BCUT2D eigenvalue weighted by atomic mass is 10.1. The van der Waals surface area contributed by atoms with Crippen molar-refractivity contribution in [3.05, 3.63) is 101 Å². The molecule has 0 aliphatic heterocycles. The van der Waals surface area contributed by atoms with Crippen molar-refractivity contribution in [3.63, 3.8) is 0 Å². The molecule has 1 saturated carbocycles. The number of ether oxygens (including phenoxy) is 2. The van der Waals surface area contributed by atoms with E-state index in [2.05, 4.69) is 4.98 Å². The fourth-order valence-corrected chi connectivity index (χ4v) is 4.42. The fraction of sp³-hybridized carbons (Fsp3) is 0.281. The van der Waals surface area contributed by atoms with Crippen LogP contribution in [0.5, 0.6) is 11.5 Å². The molecule has 8 heteroatoms. The fourth-order valence-electron chi connectivity index (χ4n) is 4.42. The van der Waals surface area contributed by atoms with Gasteiger partial charge in [0.1, 0.15) is 17.3 Å². The molecule has 1 heterocycles. The van der Waals surface area contributed by atoms with Gasteiger partial charge in [0.05, 0.1) is 18.7 Å². The number of aryl methyl sites for hydroxylation is 1. The molecule has 8 nitrogen and oxygen atoms in total. The number of amides is 1. The van der Waals surface area contributed by atoms with Crippen molar-refractivity contribution in [3.8, 4) is 23.0 Å². The van der Waals surface area contributed by atoms with E-state index in [4.69, 9.17) is 13.9 Å². The number of hydrogen-bond donors (Lipinski definition) is 1. The predicted octanol–water partition coefficient (Wildman–Crippen LogP) is 6.62. The van der Waals surface area contributed by atoms with Gasteiger partial charge in [0, 0.05) is 25.1 Å². The number of hydrogen-bond acceptors (Lipinski definition) is 6. The van der Waals surface area contributed by atoms with Gasteiger partial charge in [0.2, 0.25) is 5.89 Å². The number of oxazole rings is 1. The first kappa shape index (κ1) is 27.0. The van der Waals surface area contributed by atoms with Crippen molar-refractivity contribution in [2.24, 2.45) is 0 Å². The molecule has 40 heavy (non-hydrogen) atoms. The Balaban J connectivity index is 1.16. The van der Waals surface area contributed by atoms with Gasteiger partial charge in [-0.25, -0.2) is 9.78 Å². The highest BCUT2D eigenvalue weighted by Gasteiger charge is 2.24. The largest absolute Gasteiger partial charge is 0.493 e. The van der Waals surface area contributed by atoms with E-state index in [9.17, 15) is 14.7 Å². The number of nitrogens with zero attached hydrogens (tertiary/aromatic N) is 2. The average molecular weight is 541 g/mol. The number of carboxylic acids is 1. The summed E-state index contributed by atoms with van der Waals surface area (Å²) in [4.78, 5) is 30.2. The molecule has 0 unspecified atom stereocenters. The van der Waals surface area contributed by atoms with E-state index in [1.807, 2.05) is 79.7 Å². The van der Waals surface area contributed by atoms with Crippen LogP contribution in [0.2, 0.25) is 0 Å². The summed E-state index contributed by atoms with van der Waals surface area (Å²) in [6.07, 6.45) is 2.15. The third-order valence-corrected chi connectivity index (χ3v) is 6.78. The number of aliphatic carboxylic acids is 1. The molecule has 206 valence electrons. The first-order chi connectivity index (χ1) is 19.4. The first-order valence-corrected chi connectivity index (χ1v) is 13.5. The molecule has 1 aliphatic rings. The molecular formula is C32H32N2O6. The monoisotopic (exact) mass is 540 g/mol. The van der Waals surface area contributed by atoms with Gasteiger partial charge in [0.25, 0.3) is 0 Å². The third-order valence-electron chi connectivity index (χ3n) is 6.78. The number of rotatable bonds is 12. The predicted molar refractivity (Wildman–Crippen MR) is 149 cm³/mol. The van der Waals surface area contributed by atoms with Crippen molar-refractivity contribution in [2.75, 3.05) is 13.2 Å². The lowest BCUT2D eigenvalue weighted by Crippen LogP contribution is -2.34. The Morgan fingerprint density at radius 2 is 1.77 bits per heavy atom. The highest BCUT2D eigenvalue weighted by Crippen LogP contribution is 2.41. The number of carbonyl (C=O) groups excluding carboxylic acids is 1. The molecule has 1 fully saturated rings. The Hall–Kier alpha value is -4.59. The van der Waals surface area contributed by atoms with Gasteiger partial charge in [-0.1, -0.05) is 42.5 Å². The molecule has 5 rings (SSSR count). The second-order valence-electron chi connectivity index (χ2n) is 9.91. The standard InChI is InChI=1S/C32H32N2O6/c1-22-29(33-31(39-22)25-6-3-2-4-7-25)17-19-38-27-14-10-23(11-15-27)21-34(18-16-30(35)36)32(37)40-28-9-5-8-26(20-28)24-12-13-24/h2-11,14-15,20,24H,12-13,16-19,21H2,1H3,(H,35,36). The molecule has 3 aromatic carbocycles. The van der Waals surface area contributed by atoms with E-state index >= 15 is 0 Å². The summed E-state index contributed by atoms with van der Waals surface area (Å²) < 4.78 is 17.4. The summed E-state index contributed by atoms with van der Waals surface area (Å²) in [5.74, 6) is 2.08. The molecule has 0 saturated heterocycles. The van der Waals surface area contributed by atoms with Crippen LogP contribution in [0.3, 0.4) is 0 Å². The lowest BCUT2D eigenvalue weighted by molar-refractivity contribution is -0.137. The Kier molecular flexibility index (Phi) is 8.44. The van der Waals surface area contributed by atoms with Crippen LogP contribution >= 0.6 is 0 Å². The van der Waals surface area contributed by atoms with Crippen LogP contribution in [0, 0.1) is 6.92 Å². The van der Waals surface area contributed by atoms with E-state index in [1.54, 1.807) is 6.07 Å². The Labute approximate surface area is 233 Å². The summed E-state index contributed by atoms with van der Waals surface area (Å²) >= 11 is 0. The van der Waals surface area contributed by atoms with E-state index in [0.29, 0.717) is 36.3 Å². The van der Waals surface area contributed by atoms with Gasteiger partial charge >= 0.3 is 12.1 Å². The van der Waals surface area contributed by atoms with Crippen LogP contribution in [-0.4, -0.2) is 40.2 Å². The van der Waals surface area contributed by atoms with E-state index < -0.39 is 12.1 Å². The SMILES string of the molecule is Cc1oc(-c2ccccc2)nc1CCOc1ccc(CN(CCC(=O)O)C(=O)Oc2cccc(C3CC3)c2)cc1. The zero-order valence-electron chi connectivity index (χ0n) is 22.4. The van der Waals surface area contributed by atoms with Gasteiger partial charge in [-0.15, -0.1) is 0 Å². The van der Waals surface area contributed by atoms with Gasteiger partial charge in [-0.05, 0) is 73.2 Å². The second-order valence-corrected chi connectivity index (χ2v) is 9.91. The zero-order valence-corrected chi connectivity index (χ0v) is 22.4. The molecule has 0 bridgehead atoms. The summed E-state index contributed by atoms with van der Waals surface area (Å²) in [5, 5.41) is 9.18. The van der Waals surface area contributed by atoms with Crippen molar-refractivity contribution in [1.82, 2.24) is 9.88 Å². The second kappa shape index (κ2) is 12.5. The van der Waals surface area contributed by atoms with E-state index in [-0.39, 0.29) is 19.5 Å². The van der Waals surface area contributed by atoms with E-state index in [1.165, 1.54) is 4.90 Å². The smallest absolute Gasteiger partial charge is 0.415 e. The van der Waals surface area contributed by atoms with Crippen molar-refractivity contribution >= 4 is 12.1 Å². The Morgan fingerprint density at radius 3 is 2.50 bits per heavy atom. The molecular weight excluding hydrogens is 508 g/mol. The normalized spacial score (nSPS) is 12.6. The van der Waals surface area contributed by atoms with Crippen LogP contribution in [0.25, 0.3) is 11.5 Å². The highest BCUT2D eigenvalue weighted by molar-refractivity contribution is 5.72. The van der Waals surface area contributed by atoms with Gasteiger partial charge in [-0.2, -0.15) is 0 Å². The Morgan fingerprint density at radius 1 is 1.00 bits per heavy atom. The minimum atomic E-state index is -0.976. The van der Waals surface area contributed by atoms with Gasteiger partial charge in [0.15, 0.2) is 0 Å². The van der Waals surface area contributed by atoms with Crippen LogP contribution in [-0.2, 0) is 17.8 Å². The topological polar surface area (TPSA) is 102 Å². The van der Waals surface area contributed by atoms with E-state index in [0.717, 1.165) is 41.0 Å². The minimum Gasteiger partial charge on any atom is -0.493 e. The zero-order chi connectivity index (χ0) is 27.9. The maximum atomic E-state index is 13.0. The number of carboxylic acid groups (broad SMARTS) is 1.